The highest BCUT2D eigenvalue weighted by Crippen LogP contribution is 2.27. The van der Waals surface area contributed by atoms with Gasteiger partial charge in [0.25, 0.3) is 0 Å². The maximum absolute atomic E-state index is 5.87. The number of hydrogen-bond acceptors (Lipinski definition) is 1. The highest BCUT2D eigenvalue weighted by atomic mass is 79.9. The molecule has 0 amide bonds. The lowest BCUT2D eigenvalue weighted by molar-refractivity contribution is -0.888. The average Bonchev–Trinajstić information content (AvgIpc) is 2.32. The molecule has 0 radical (unpaired) electrons. The van der Waals surface area contributed by atoms with Crippen LogP contribution in [-0.4, -0.2) is 26.2 Å². The van der Waals surface area contributed by atoms with Crippen LogP contribution >= 0.6 is 27.5 Å². The number of benzene rings is 1. The van der Waals surface area contributed by atoms with E-state index >= 15 is 0 Å². The predicted molar refractivity (Wildman–Crippen MR) is 80.6 cm³/mol. The molecule has 0 aromatic heterocycles. The Kier molecular flexibility index (Phi) is 7.09. The fraction of sp³-hybridized carbons (Fsp3) is 0.286. The Morgan fingerprint density at radius 1 is 1.28 bits per heavy atom. The summed E-state index contributed by atoms with van der Waals surface area (Å²) in [4.78, 5) is 1.38. The lowest BCUT2D eigenvalue weighted by Gasteiger charge is -2.16. The first kappa shape index (κ1) is 15.3. The molecule has 0 aliphatic rings. The van der Waals surface area contributed by atoms with Gasteiger partial charge in [-0.05, 0) is 46.3 Å². The minimum absolute atomic E-state index is 0.650. The van der Waals surface area contributed by atoms with Crippen LogP contribution in [0.3, 0.4) is 0 Å². The van der Waals surface area contributed by atoms with E-state index in [1.165, 1.54) is 4.90 Å². The van der Waals surface area contributed by atoms with Crippen molar-refractivity contribution in [3.63, 3.8) is 0 Å². The number of rotatable bonds is 8. The summed E-state index contributed by atoms with van der Waals surface area (Å²) in [6.45, 7) is 10.9. The molecule has 0 saturated carbocycles. The third kappa shape index (κ3) is 5.25. The Morgan fingerprint density at radius 3 is 2.50 bits per heavy atom. The molecule has 0 aliphatic carbocycles. The molecule has 1 aromatic rings. The van der Waals surface area contributed by atoms with Crippen molar-refractivity contribution in [1.82, 2.24) is 0 Å². The number of nitrogens with one attached hydrogen (secondary N) is 1. The lowest BCUT2D eigenvalue weighted by atomic mass is 10.3. The van der Waals surface area contributed by atoms with Crippen molar-refractivity contribution in [2.45, 2.75) is 0 Å². The zero-order chi connectivity index (χ0) is 13.4. The number of hydrogen-bond donors (Lipinski definition) is 1. The first-order valence-corrected chi connectivity index (χ1v) is 6.97. The maximum Gasteiger partial charge on any atom is 0.137 e. The van der Waals surface area contributed by atoms with Crippen molar-refractivity contribution in [2.75, 3.05) is 26.2 Å². The second kappa shape index (κ2) is 8.35. The van der Waals surface area contributed by atoms with Gasteiger partial charge in [-0.3, -0.25) is 0 Å². The molecule has 0 saturated heterocycles. The molecule has 0 aliphatic heterocycles. The van der Waals surface area contributed by atoms with Gasteiger partial charge in [-0.1, -0.05) is 24.8 Å². The zero-order valence-electron chi connectivity index (χ0n) is 10.3. The van der Waals surface area contributed by atoms with Gasteiger partial charge in [0.2, 0.25) is 0 Å². The summed E-state index contributed by atoms with van der Waals surface area (Å²) in [6.07, 6.45) is 3.83. The maximum atomic E-state index is 5.87. The Bertz CT molecular complexity index is 399. The summed E-state index contributed by atoms with van der Waals surface area (Å²) < 4.78 is 6.60. The minimum Gasteiger partial charge on any atom is -0.487 e. The van der Waals surface area contributed by atoms with Gasteiger partial charge in [0.1, 0.15) is 18.9 Å². The molecule has 18 heavy (non-hydrogen) atoms. The summed E-state index contributed by atoms with van der Waals surface area (Å²) in [7, 11) is 0. The first-order valence-electron chi connectivity index (χ1n) is 5.80. The summed E-state index contributed by atoms with van der Waals surface area (Å²) in [5, 5.41) is 0.694. The van der Waals surface area contributed by atoms with E-state index in [0.717, 1.165) is 29.9 Å². The topological polar surface area (TPSA) is 13.7 Å². The van der Waals surface area contributed by atoms with Gasteiger partial charge < -0.3 is 9.64 Å². The molecule has 0 spiro atoms. The Labute approximate surface area is 122 Å². The van der Waals surface area contributed by atoms with Crippen LogP contribution in [0.15, 0.2) is 48.0 Å². The van der Waals surface area contributed by atoms with Crippen molar-refractivity contribution >= 4 is 27.5 Å². The van der Waals surface area contributed by atoms with E-state index < -0.39 is 0 Å². The summed E-state index contributed by atoms with van der Waals surface area (Å²) >= 11 is 9.30. The third-order valence-electron chi connectivity index (χ3n) is 2.47. The van der Waals surface area contributed by atoms with Crippen molar-refractivity contribution in [2.24, 2.45) is 0 Å². The molecule has 0 heterocycles. The van der Waals surface area contributed by atoms with E-state index in [1.807, 2.05) is 30.4 Å². The van der Waals surface area contributed by atoms with E-state index in [1.54, 1.807) is 0 Å². The van der Waals surface area contributed by atoms with Gasteiger partial charge in [0.15, 0.2) is 0 Å². The Balaban J connectivity index is 2.44. The van der Waals surface area contributed by atoms with E-state index in [4.69, 9.17) is 16.3 Å². The van der Waals surface area contributed by atoms with Crippen LogP contribution in [0.2, 0.25) is 5.02 Å². The molecule has 0 bridgehead atoms. The summed E-state index contributed by atoms with van der Waals surface area (Å²) in [5.74, 6) is 0.816. The van der Waals surface area contributed by atoms with Gasteiger partial charge in [-0.15, -0.1) is 0 Å². The molecule has 0 atom stereocenters. The standard InChI is InChI=1S/C14H17BrClNO/c1-3-7-17(8-4-2)9-10-18-14-6-5-12(16)11-13(14)15/h3-6,11H,1-2,7-10H2/p+1. The van der Waals surface area contributed by atoms with Crippen molar-refractivity contribution < 1.29 is 9.64 Å². The van der Waals surface area contributed by atoms with Crippen molar-refractivity contribution in [1.29, 1.82) is 0 Å². The number of halogens is 2. The molecule has 1 rings (SSSR count). The molecule has 98 valence electrons. The van der Waals surface area contributed by atoms with Gasteiger partial charge in [0, 0.05) is 5.02 Å². The second-order valence-electron chi connectivity index (χ2n) is 3.91. The van der Waals surface area contributed by atoms with Crippen LogP contribution in [0.25, 0.3) is 0 Å². The lowest BCUT2D eigenvalue weighted by Crippen LogP contribution is -3.12. The molecule has 1 aromatic carbocycles. The molecular formula is C14H18BrClNO+. The van der Waals surface area contributed by atoms with E-state index in [2.05, 4.69) is 29.1 Å². The van der Waals surface area contributed by atoms with Crippen molar-refractivity contribution in [3.8, 4) is 5.75 Å². The molecule has 0 unspecified atom stereocenters. The predicted octanol–water partition coefficient (Wildman–Crippen LogP) is 2.74. The van der Waals surface area contributed by atoms with Crippen LogP contribution in [0, 0.1) is 0 Å². The molecule has 0 fully saturated rings. The SMILES string of the molecule is C=CC[NH+](CC=C)CCOc1ccc(Cl)cc1Br. The molecule has 2 nitrogen and oxygen atoms in total. The summed E-state index contributed by atoms with van der Waals surface area (Å²) in [5.41, 5.74) is 0. The van der Waals surface area contributed by atoms with Gasteiger partial charge in [0.05, 0.1) is 17.6 Å². The fourth-order valence-corrected chi connectivity index (χ4v) is 2.39. The van der Waals surface area contributed by atoms with Crippen LogP contribution in [-0.2, 0) is 0 Å². The molecular weight excluding hydrogens is 314 g/mol. The fourth-order valence-electron chi connectivity index (χ4n) is 1.59. The van der Waals surface area contributed by atoms with E-state index in [0.29, 0.717) is 11.6 Å². The van der Waals surface area contributed by atoms with Gasteiger partial charge in [-0.2, -0.15) is 0 Å². The largest absolute Gasteiger partial charge is 0.487 e. The highest BCUT2D eigenvalue weighted by molar-refractivity contribution is 9.10. The first-order chi connectivity index (χ1) is 8.67. The second-order valence-corrected chi connectivity index (χ2v) is 5.20. The monoisotopic (exact) mass is 330 g/mol. The van der Waals surface area contributed by atoms with Gasteiger partial charge >= 0.3 is 0 Å². The Hall–Kier alpha value is -0.770. The molecule has 1 N–H and O–H groups in total. The molecule has 4 heteroatoms. The quantitative estimate of drug-likeness (QED) is 0.723. The third-order valence-corrected chi connectivity index (χ3v) is 3.33. The zero-order valence-corrected chi connectivity index (χ0v) is 12.6. The van der Waals surface area contributed by atoms with Crippen LogP contribution < -0.4 is 9.64 Å². The Morgan fingerprint density at radius 2 is 1.94 bits per heavy atom. The smallest absolute Gasteiger partial charge is 0.137 e. The number of ether oxygens (including phenoxy) is 1. The van der Waals surface area contributed by atoms with Crippen LogP contribution in [0.1, 0.15) is 0 Å². The van der Waals surface area contributed by atoms with E-state index in [9.17, 15) is 0 Å². The van der Waals surface area contributed by atoms with Crippen molar-refractivity contribution in [3.05, 3.63) is 53.0 Å². The van der Waals surface area contributed by atoms with Crippen LogP contribution in [0.5, 0.6) is 5.75 Å². The average molecular weight is 332 g/mol. The number of quaternary nitrogens is 1. The van der Waals surface area contributed by atoms with E-state index in [-0.39, 0.29) is 0 Å². The minimum atomic E-state index is 0.650. The normalized spacial score (nSPS) is 10.4. The highest BCUT2D eigenvalue weighted by Gasteiger charge is 2.06. The van der Waals surface area contributed by atoms with Gasteiger partial charge in [-0.25, -0.2) is 0 Å². The van der Waals surface area contributed by atoms with Crippen LogP contribution in [0.4, 0.5) is 0 Å². The summed E-state index contributed by atoms with van der Waals surface area (Å²) in [6, 6.07) is 5.52.